The van der Waals surface area contributed by atoms with Gasteiger partial charge >= 0.3 is 0 Å². The van der Waals surface area contributed by atoms with Crippen molar-refractivity contribution in [1.29, 1.82) is 5.26 Å². The number of nitriles is 1. The quantitative estimate of drug-likeness (QED) is 0.222. The van der Waals surface area contributed by atoms with E-state index in [2.05, 4.69) is 77.0 Å². The van der Waals surface area contributed by atoms with Crippen LogP contribution in [0.15, 0.2) is 85.2 Å². The van der Waals surface area contributed by atoms with Crippen molar-refractivity contribution in [3.05, 3.63) is 113 Å². The minimum atomic E-state index is -0.289. The minimum absolute atomic E-state index is 0.0348. The Morgan fingerprint density at radius 2 is 1.61 bits per heavy atom. The van der Waals surface area contributed by atoms with Crippen molar-refractivity contribution >= 4 is 33.9 Å². The molecule has 0 unspecified atom stereocenters. The maximum Gasteiger partial charge on any atom is 0.109 e. The molecule has 3 aromatic carbocycles. The molecule has 38 heavy (non-hydrogen) atoms. The molecule has 0 aliphatic heterocycles. The van der Waals surface area contributed by atoms with Crippen LogP contribution < -0.4 is 10.6 Å². The van der Waals surface area contributed by atoms with Gasteiger partial charge in [-0.3, -0.25) is 4.98 Å². The van der Waals surface area contributed by atoms with Crippen LogP contribution in [0.4, 0.5) is 11.4 Å². The molecule has 190 valence electrons. The number of fused-ring (bicyclic) bond motifs is 1. The molecule has 2 aromatic heterocycles. The number of hydrogen-bond donors (Lipinski definition) is 2. The normalized spacial score (nSPS) is 12.7. The molecule has 5 aromatic rings. The van der Waals surface area contributed by atoms with Crippen molar-refractivity contribution in [1.82, 2.24) is 20.0 Å². The second kappa shape index (κ2) is 10.9. The third kappa shape index (κ3) is 5.17. The van der Waals surface area contributed by atoms with E-state index >= 15 is 0 Å². The molecule has 0 spiro atoms. The van der Waals surface area contributed by atoms with Gasteiger partial charge < -0.3 is 10.6 Å². The zero-order chi connectivity index (χ0) is 26.6. The van der Waals surface area contributed by atoms with Crippen LogP contribution in [0.25, 0.3) is 10.9 Å². The topological polar surface area (TPSA) is 91.5 Å². The van der Waals surface area contributed by atoms with Gasteiger partial charge in [0.15, 0.2) is 0 Å². The number of nitrogens with zero attached hydrogens (tertiary/aromatic N) is 5. The maximum atomic E-state index is 9.89. The number of halogens is 1. The van der Waals surface area contributed by atoms with E-state index in [1.165, 1.54) is 0 Å². The van der Waals surface area contributed by atoms with Crippen molar-refractivity contribution in [2.24, 2.45) is 0 Å². The number of rotatable bonds is 8. The van der Waals surface area contributed by atoms with Crippen molar-refractivity contribution in [2.75, 3.05) is 10.6 Å². The summed E-state index contributed by atoms with van der Waals surface area (Å²) in [6, 6.07) is 26.0. The molecule has 0 radical (unpaired) electrons. The number of pyridine rings is 1. The Morgan fingerprint density at radius 1 is 0.921 bits per heavy atom. The zero-order valence-electron chi connectivity index (χ0n) is 21.4. The van der Waals surface area contributed by atoms with E-state index in [0.717, 1.165) is 27.9 Å². The fourth-order valence-electron chi connectivity index (χ4n) is 4.46. The lowest BCUT2D eigenvalue weighted by atomic mass is 10.0. The lowest BCUT2D eigenvalue weighted by molar-refractivity contribution is 0.514. The van der Waals surface area contributed by atoms with Gasteiger partial charge in [0.05, 0.1) is 34.7 Å². The van der Waals surface area contributed by atoms with E-state index < -0.39 is 0 Å². The van der Waals surface area contributed by atoms with Gasteiger partial charge in [0.25, 0.3) is 0 Å². The number of hydrogen-bond acceptors (Lipinski definition) is 6. The van der Waals surface area contributed by atoms with Crippen LogP contribution in [-0.2, 0) is 0 Å². The summed E-state index contributed by atoms with van der Waals surface area (Å²) < 4.78 is 1.84. The highest BCUT2D eigenvalue weighted by Crippen LogP contribution is 2.37. The van der Waals surface area contributed by atoms with Gasteiger partial charge in [-0.2, -0.15) is 5.26 Å². The average Bonchev–Trinajstić information content (AvgIpc) is 3.43. The highest BCUT2D eigenvalue weighted by atomic mass is 35.5. The predicted molar refractivity (Wildman–Crippen MR) is 152 cm³/mol. The van der Waals surface area contributed by atoms with E-state index in [1.54, 1.807) is 6.20 Å². The molecule has 0 saturated carbocycles. The number of aromatic nitrogens is 4. The first-order chi connectivity index (χ1) is 18.4. The molecule has 0 fully saturated rings. The molecule has 0 aliphatic carbocycles. The standard InChI is InChI=1S/C30H28ClN7/c1-19(2)38-18-27(36-37-38)29(22-12-8-5-9-13-22)35-26-15-24(31)14-25-28(23(16-32)17-33-30(25)26)34-20(3)21-10-6-4-7-11-21/h4-15,17-20,29,35H,1-3H3,(H,33,34)/t20-,29+/m1/s1. The summed E-state index contributed by atoms with van der Waals surface area (Å²) in [7, 11) is 0. The first kappa shape index (κ1) is 25.2. The van der Waals surface area contributed by atoms with E-state index in [0.29, 0.717) is 21.8 Å². The molecule has 2 N–H and O–H groups in total. The summed E-state index contributed by atoms with van der Waals surface area (Å²) in [5, 5.41) is 27.1. The van der Waals surface area contributed by atoms with Crippen molar-refractivity contribution in [2.45, 2.75) is 38.9 Å². The molecule has 7 nitrogen and oxygen atoms in total. The van der Waals surface area contributed by atoms with Crippen LogP contribution >= 0.6 is 11.6 Å². The lowest BCUT2D eigenvalue weighted by Gasteiger charge is -2.22. The average molecular weight is 522 g/mol. The largest absolute Gasteiger partial charge is 0.377 e. The number of nitrogens with one attached hydrogen (secondary N) is 2. The van der Waals surface area contributed by atoms with E-state index in [1.807, 2.05) is 59.4 Å². The first-order valence-corrected chi connectivity index (χ1v) is 12.9. The molecular weight excluding hydrogens is 494 g/mol. The summed E-state index contributed by atoms with van der Waals surface area (Å²) in [6.07, 6.45) is 3.56. The summed E-state index contributed by atoms with van der Waals surface area (Å²) >= 11 is 6.66. The fourth-order valence-corrected chi connectivity index (χ4v) is 4.68. The van der Waals surface area contributed by atoms with Crippen LogP contribution in [0.2, 0.25) is 5.02 Å². The molecule has 2 atom stereocenters. The van der Waals surface area contributed by atoms with E-state index in [-0.39, 0.29) is 18.1 Å². The fraction of sp³-hybridized carbons (Fsp3) is 0.200. The third-order valence-corrected chi connectivity index (χ3v) is 6.72. The molecule has 2 heterocycles. The minimum Gasteiger partial charge on any atom is -0.377 e. The molecular formula is C30H28ClN7. The molecule has 0 amide bonds. The highest BCUT2D eigenvalue weighted by molar-refractivity contribution is 6.32. The zero-order valence-corrected chi connectivity index (χ0v) is 22.2. The molecule has 0 bridgehead atoms. The van der Waals surface area contributed by atoms with E-state index in [4.69, 9.17) is 11.6 Å². The Bertz CT molecular complexity index is 1590. The SMILES string of the molecule is CC(C)n1cc([C@@H](Nc2cc(Cl)cc3c(N[C@H](C)c4ccccc4)c(C#N)cnc23)c2ccccc2)nn1. The van der Waals surface area contributed by atoms with Crippen LogP contribution in [-0.4, -0.2) is 20.0 Å². The maximum absolute atomic E-state index is 9.89. The summed E-state index contributed by atoms with van der Waals surface area (Å²) in [5.41, 5.74) is 5.51. The third-order valence-electron chi connectivity index (χ3n) is 6.50. The van der Waals surface area contributed by atoms with Gasteiger partial charge in [-0.1, -0.05) is 77.5 Å². The Balaban J connectivity index is 1.61. The van der Waals surface area contributed by atoms with Gasteiger partial charge in [0.2, 0.25) is 0 Å². The van der Waals surface area contributed by atoms with Crippen LogP contribution in [0.1, 0.15) is 61.3 Å². The lowest BCUT2D eigenvalue weighted by Crippen LogP contribution is -2.14. The van der Waals surface area contributed by atoms with Gasteiger partial charge in [-0.15, -0.1) is 5.10 Å². The Labute approximate surface area is 227 Å². The number of anilines is 2. The molecule has 0 aliphatic rings. The van der Waals surface area contributed by atoms with Crippen molar-refractivity contribution < 1.29 is 0 Å². The van der Waals surface area contributed by atoms with Crippen LogP contribution in [0.3, 0.4) is 0 Å². The predicted octanol–water partition coefficient (Wildman–Crippen LogP) is 7.31. The number of benzene rings is 3. The van der Waals surface area contributed by atoms with Crippen LogP contribution in [0, 0.1) is 11.3 Å². The smallest absolute Gasteiger partial charge is 0.109 e. The van der Waals surface area contributed by atoms with E-state index in [9.17, 15) is 5.26 Å². The van der Waals surface area contributed by atoms with Gasteiger partial charge in [0, 0.05) is 28.7 Å². The Morgan fingerprint density at radius 3 is 2.24 bits per heavy atom. The molecule has 8 heteroatoms. The molecule has 0 saturated heterocycles. The van der Waals surface area contributed by atoms with Crippen molar-refractivity contribution in [3.63, 3.8) is 0 Å². The van der Waals surface area contributed by atoms with Crippen molar-refractivity contribution in [3.8, 4) is 6.07 Å². The second-order valence-electron chi connectivity index (χ2n) is 9.49. The Hall–Kier alpha value is -4.41. The monoisotopic (exact) mass is 521 g/mol. The highest BCUT2D eigenvalue weighted by Gasteiger charge is 2.22. The first-order valence-electron chi connectivity index (χ1n) is 12.5. The molecule has 5 rings (SSSR count). The second-order valence-corrected chi connectivity index (χ2v) is 9.93. The van der Waals surface area contributed by atoms with Gasteiger partial charge in [-0.25, -0.2) is 4.68 Å². The van der Waals surface area contributed by atoms with Crippen LogP contribution in [0.5, 0.6) is 0 Å². The van der Waals surface area contributed by atoms with Gasteiger partial charge in [-0.05, 0) is 44.0 Å². The summed E-state index contributed by atoms with van der Waals surface area (Å²) in [4.78, 5) is 4.68. The summed E-state index contributed by atoms with van der Waals surface area (Å²) in [6.45, 7) is 6.20. The summed E-state index contributed by atoms with van der Waals surface area (Å²) in [5.74, 6) is 0. The van der Waals surface area contributed by atoms with Gasteiger partial charge in [0.1, 0.15) is 11.8 Å². The Kier molecular flexibility index (Phi) is 7.25.